The molecular formula is C16H23NO3. The molecule has 0 atom stereocenters. The average molecular weight is 277 g/mol. The fourth-order valence-electron chi connectivity index (χ4n) is 2.53. The molecule has 0 amide bonds. The van der Waals surface area contributed by atoms with Crippen LogP contribution in [-0.4, -0.2) is 48.6 Å². The van der Waals surface area contributed by atoms with Crippen LogP contribution in [0.3, 0.4) is 0 Å². The molecule has 1 saturated heterocycles. The molecule has 2 rings (SSSR count). The zero-order valence-electron chi connectivity index (χ0n) is 12.0. The lowest BCUT2D eigenvalue weighted by Gasteiger charge is -2.30. The lowest BCUT2D eigenvalue weighted by atomic mass is 9.97. The Labute approximate surface area is 120 Å². The first-order valence-electron chi connectivity index (χ1n) is 7.32. The monoisotopic (exact) mass is 277 g/mol. The summed E-state index contributed by atoms with van der Waals surface area (Å²) < 4.78 is 5.37. The lowest BCUT2D eigenvalue weighted by molar-refractivity contribution is 0.0864. The Morgan fingerprint density at radius 3 is 2.50 bits per heavy atom. The molecule has 0 saturated carbocycles. The number of benzene rings is 1. The molecule has 0 bridgehead atoms. The van der Waals surface area contributed by atoms with E-state index < -0.39 is 0 Å². The quantitative estimate of drug-likeness (QED) is 0.808. The number of carbonyl (C=O) groups is 1. The second kappa shape index (κ2) is 7.41. The van der Waals surface area contributed by atoms with E-state index >= 15 is 0 Å². The van der Waals surface area contributed by atoms with Crippen LogP contribution >= 0.6 is 0 Å². The maximum absolute atomic E-state index is 12.2. The van der Waals surface area contributed by atoms with Crippen LogP contribution in [0.2, 0.25) is 0 Å². The number of piperidine rings is 1. The van der Waals surface area contributed by atoms with Crippen molar-refractivity contribution in [3.8, 4) is 5.75 Å². The number of rotatable bonds is 6. The maximum Gasteiger partial charge on any atom is 0.176 e. The van der Waals surface area contributed by atoms with Gasteiger partial charge < -0.3 is 9.84 Å². The number of ketones is 1. The molecule has 4 heteroatoms. The van der Waals surface area contributed by atoms with Crippen molar-refractivity contribution >= 4 is 5.78 Å². The van der Waals surface area contributed by atoms with Crippen LogP contribution in [0, 0.1) is 5.92 Å². The van der Waals surface area contributed by atoms with Crippen molar-refractivity contribution in [2.24, 2.45) is 5.92 Å². The predicted molar refractivity (Wildman–Crippen MR) is 78.2 cm³/mol. The van der Waals surface area contributed by atoms with Crippen LogP contribution in [0.1, 0.15) is 30.1 Å². The molecule has 0 unspecified atom stereocenters. The molecule has 1 aliphatic rings. The van der Waals surface area contributed by atoms with E-state index in [0.717, 1.165) is 37.2 Å². The van der Waals surface area contributed by atoms with Gasteiger partial charge in [-0.2, -0.15) is 0 Å². The fraction of sp³-hybridized carbons (Fsp3) is 0.562. The van der Waals surface area contributed by atoms with E-state index in [9.17, 15) is 4.79 Å². The van der Waals surface area contributed by atoms with E-state index in [1.165, 1.54) is 0 Å². The maximum atomic E-state index is 12.2. The van der Waals surface area contributed by atoms with Gasteiger partial charge in [-0.25, -0.2) is 0 Å². The van der Waals surface area contributed by atoms with Crippen molar-refractivity contribution in [2.45, 2.75) is 19.8 Å². The number of Topliss-reactive ketones (excluding diaryl/α,β-unsaturated/α-hetero) is 1. The van der Waals surface area contributed by atoms with Crippen LogP contribution in [0.15, 0.2) is 24.3 Å². The summed E-state index contributed by atoms with van der Waals surface area (Å²) in [4.78, 5) is 14.4. The molecule has 0 aliphatic carbocycles. The van der Waals surface area contributed by atoms with E-state index in [2.05, 4.69) is 4.90 Å². The third kappa shape index (κ3) is 4.05. The van der Waals surface area contributed by atoms with Gasteiger partial charge >= 0.3 is 0 Å². The van der Waals surface area contributed by atoms with Crippen molar-refractivity contribution in [2.75, 3.05) is 32.8 Å². The zero-order chi connectivity index (χ0) is 14.4. The molecule has 0 radical (unpaired) electrons. The minimum atomic E-state index is 0.149. The molecule has 1 aromatic carbocycles. The minimum Gasteiger partial charge on any atom is -0.494 e. The third-order valence-electron chi connectivity index (χ3n) is 3.82. The average Bonchev–Trinajstić information content (AvgIpc) is 2.49. The normalized spacial score (nSPS) is 17.1. The fourth-order valence-corrected chi connectivity index (χ4v) is 2.53. The van der Waals surface area contributed by atoms with Gasteiger partial charge in [0.1, 0.15) is 5.75 Å². The Morgan fingerprint density at radius 2 is 1.95 bits per heavy atom. The van der Waals surface area contributed by atoms with Crippen LogP contribution in [-0.2, 0) is 0 Å². The van der Waals surface area contributed by atoms with Gasteiger partial charge in [-0.05, 0) is 63.0 Å². The van der Waals surface area contributed by atoms with Crippen LogP contribution < -0.4 is 4.74 Å². The summed E-state index contributed by atoms with van der Waals surface area (Å²) in [5.41, 5.74) is 0.734. The Morgan fingerprint density at radius 1 is 1.30 bits per heavy atom. The first-order valence-corrected chi connectivity index (χ1v) is 7.32. The van der Waals surface area contributed by atoms with E-state index in [0.29, 0.717) is 19.1 Å². The van der Waals surface area contributed by atoms with Gasteiger partial charge in [0, 0.05) is 12.2 Å². The van der Waals surface area contributed by atoms with Crippen molar-refractivity contribution in [1.29, 1.82) is 0 Å². The molecule has 20 heavy (non-hydrogen) atoms. The molecular weight excluding hydrogens is 254 g/mol. The van der Waals surface area contributed by atoms with Crippen LogP contribution in [0.5, 0.6) is 5.75 Å². The Balaban J connectivity index is 1.85. The van der Waals surface area contributed by atoms with Crippen LogP contribution in [0.4, 0.5) is 0 Å². The van der Waals surface area contributed by atoms with E-state index in [1.807, 2.05) is 31.2 Å². The lowest BCUT2D eigenvalue weighted by Crippen LogP contribution is -2.38. The highest BCUT2D eigenvalue weighted by molar-refractivity contribution is 5.97. The number of hydrogen-bond acceptors (Lipinski definition) is 4. The second-order valence-electron chi connectivity index (χ2n) is 5.28. The van der Waals surface area contributed by atoms with Gasteiger partial charge in [-0.1, -0.05) is 0 Å². The zero-order valence-corrected chi connectivity index (χ0v) is 12.0. The topological polar surface area (TPSA) is 49.8 Å². The second-order valence-corrected chi connectivity index (χ2v) is 5.28. The molecule has 1 fully saturated rings. The smallest absolute Gasteiger partial charge is 0.176 e. The van der Waals surface area contributed by atoms with Gasteiger partial charge in [0.2, 0.25) is 0 Å². The number of aliphatic hydroxyl groups excluding tert-OH is 1. The van der Waals surface area contributed by atoms with Crippen molar-refractivity contribution < 1.29 is 14.6 Å². The van der Waals surface area contributed by atoms with Crippen molar-refractivity contribution in [1.82, 2.24) is 4.90 Å². The minimum absolute atomic E-state index is 0.149. The molecule has 0 aromatic heterocycles. The van der Waals surface area contributed by atoms with Gasteiger partial charge in [0.05, 0.1) is 13.2 Å². The molecule has 1 aliphatic heterocycles. The van der Waals surface area contributed by atoms with Crippen LogP contribution in [0.25, 0.3) is 0 Å². The first-order chi connectivity index (χ1) is 9.72. The number of likely N-dealkylation sites (tertiary alicyclic amines) is 1. The Bertz CT molecular complexity index is 422. The van der Waals surface area contributed by atoms with Crippen molar-refractivity contribution in [3.05, 3.63) is 29.8 Å². The highest BCUT2D eigenvalue weighted by Gasteiger charge is 2.20. The number of nitrogens with zero attached hydrogens (tertiary/aromatic N) is 1. The molecule has 4 nitrogen and oxygen atoms in total. The summed E-state index contributed by atoms with van der Waals surface area (Å²) in [6.07, 6.45) is 1.96. The first kappa shape index (κ1) is 15.0. The molecule has 1 aromatic rings. The van der Waals surface area contributed by atoms with Gasteiger partial charge in [-0.15, -0.1) is 0 Å². The Kier molecular flexibility index (Phi) is 5.56. The van der Waals surface area contributed by atoms with E-state index in [1.54, 1.807) is 0 Å². The number of aliphatic hydroxyl groups is 1. The van der Waals surface area contributed by atoms with Gasteiger partial charge in [0.15, 0.2) is 5.78 Å². The largest absolute Gasteiger partial charge is 0.494 e. The predicted octanol–water partition coefficient (Wildman–Crippen LogP) is 1.97. The Hall–Kier alpha value is -1.39. The summed E-state index contributed by atoms with van der Waals surface area (Å²) in [7, 11) is 0. The third-order valence-corrected chi connectivity index (χ3v) is 3.82. The summed E-state index contributed by atoms with van der Waals surface area (Å²) in [6.45, 7) is 5.09. The molecule has 110 valence electrons. The van der Waals surface area contributed by atoms with E-state index in [-0.39, 0.29) is 12.4 Å². The summed E-state index contributed by atoms with van der Waals surface area (Å²) in [5, 5.41) is 9.11. The number of carbonyl (C=O) groups excluding carboxylic acids is 1. The van der Waals surface area contributed by atoms with E-state index in [4.69, 9.17) is 9.84 Å². The van der Waals surface area contributed by atoms with Gasteiger partial charge in [-0.3, -0.25) is 9.69 Å². The standard InChI is InChI=1S/C16H23NO3/c1-2-20-15-5-3-14(4-6-15)16(19)11-17-9-7-13(12-18)8-10-17/h3-6,13,18H,2,7-12H2,1H3. The highest BCUT2D eigenvalue weighted by Crippen LogP contribution is 2.17. The SMILES string of the molecule is CCOc1ccc(C(=O)CN2CCC(CO)CC2)cc1. The summed E-state index contributed by atoms with van der Waals surface area (Å²) in [5.74, 6) is 1.36. The highest BCUT2D eigenvalue weighted by atomic mass is 16.5. The molecule has 1 heterocycles. The van der Waals surface area contributed by atoms with Crippen molar-refractivity contribution in [3.63, 3.8) is 0 Å². The summed E-state index contributed by atoms with van der Waals surface area (Å²) >= 11 is 0. The summed E-state index contributed by atoms with van der Waals surface area (Å²) in [6, 6.07) is 7.34. The molecule has 1 N–H and O–H groups in total. The number of hydrogen-bond donors (Lipinski definition) is 1. The number of ether oxygens (including phenoxy) is 1. The molecule has 0 spiro atoms. The van der Waals surface area contributed by atoms with Gasteiger partial charge in [0.25, 0.3) is 0 Å².